The van der Waals surface area contributed by atoms with E-state index in [9.17, 15) is 5.11 Å². The molecule has 1 fully saturated rings. The Hall–Kier alpha value is -0.120. The Morgan fingerprint density at radius 2 is 1.91 bits per heavy atom. The minimum Gasteiger partial charge on any atom is -0.387 e. The fraction of sp³-hybridized carbons (Fsp3) is 1.00. The van der Waals surface area contributed by atoms with Crippen LogP contribution in [0.3, 0.4) is 0 Å². The summed E-state index contributed by atoms with van der Waals surface area (Å²) < 4.78 is 10.2. The molecule has 66 valence electrons. The van der Waals surface area contributed by atoms with Gasteiger partial charge in [-0.1, -0.05) is 0 Å². The predicted octanol–water partition coefficient (Wildman–Crippen LogP) is 0.564. The van der Waals surface area contributed by atoms with E-state index < -0.39 is 5.60 Å². The van der Waals surface area contributed by atoms with Crippen molar-refractivity contribution in [3.05, 3.63) is 0 Å². The van der Waals surface area contributed by atoms with Gasteiger partial charge in [-0.05, 0) is 19.8 Å². The van der Waals surface area contributed by atoms with Gasteiger partial charge in [-0.15, -0.1) is 0 Å². The highest BCUT2D eigenvalue weighted by molar-refractivity contribution is 4.92. The lowest BCUT2D eigenvalue weighted by Gasteiger charge is -2.07. The zero-order valence-electron chi connectivity index (χ0n) is 7.01. The maximum atomic E-state index is 9.32. The van der Waals surface area contributed by atoms with Gasteiger partial charge in [-0.25, -0.2) is 0 Å². The molecule has 0 aliphatic heterocycles. The Balaban J connectivity index is 1.81. The van der Waals surface area contributed by atoms with E-state index in [4.69, 9.17) is 9.47 Å². The van der Waals surface area contributed by atoms with Crippen molar-refractivity contribution in [1.82, 2.24) is 0 Å². The first-order valence-corrected chi connectivity index (χ1v) is 4.15. The third-order valence-corrected chi connectivity index (χ3v) is 1.77. The van der Waals surface area contributed by atoms with E-state index in [-0.39, 0.29) is 0 Å². The third kappa shape index (κ3) is 3.70. The van der Waals surface area contributed by atoms with Gasteiger partial charge >= 0.3 is 0 Å². The fourth-order valence-electron chi connectivity index (χ4n) is 0.813. The van der Waals surface area contributed by atoms with E-state index >= 15 is 0 Å². The topological polar surface area (TPSA) is 38.7 Å². The van der Waals surface area contributed by atoms with Crippen LogP contribution in [0.25, 0.3) is 0 Å². The summed E-state index contributed by atoms with van der Waals surface area (Å²) in [5.74, 6) is 0. The monoisotopic (exact) mass is 160 g/mol. The first kappa shape index (κ1) is 8.97. The van der Waals surface area contributed by atoms with Crippen molar-refractivity contribution in [2.45, 2.75) is 25.4 Å². The summed E-state index contributed by atoms with van der Waals surface area (Å²) in [5, 5.41) is 9.32. The van der Waals surface area contributed by atoms with Gasteiger partial charge in [0.25, 0.3) is 0 Å². The molecule has 0 bridgehead atoms. The van der Waals surface area contributed by atoms with Gasteiger partial charge < -0.3 is 14.6 Å². The maximum Gasteiger partial charge on any atom is 0.0882 e. The SMILES string of the molecule is CCOCCOCC1(O)CC1. The van der Waals surface area contributed by atoms with Crippen molar-refractivity contribution in [3.63, 3.8) is 0 Å². The molecule has 11 heavy (non-hydrogen) atoms. The predicted molar refractivity (Wildman–Crippen MR) is 41.5 cm³/mol. The maximum absolute atomic E-state index is 9.32. The molecule has 0 aromatic heterocycles. The van der Waals surface area contributed by atoms with E-state index in [0.29, 0.717) is 19.8 Å². The molecule has 0 saturated heterocycles. The molecule has 0 atom stereocenters. The number of hydrogen-bond donors (Lipinski definition) is 1. The highest BCUT2D eigenvalue weighted by Crippen LogP contribution is 2.34. The Labute approximate surface area is 67.3 Å². The molecule has 0 radical (unpaired) electrons. The van der Waals surface area contributed by atoms with E-state index in [0.717, 1.165) is 19.4 Å². The Morgan fingerprint density at radius 1 is 1.27 bits per heavy atom. The van der Waals surface area contributed by atoms with E-state index in [1.165, 1.54) is 0 Å². The molecule has 0 aromatic rings. The molecule has 1 N–H and O–H groups in total. The summed E-state index contributed by atoms with van der Waals surface area (Å²) in [7, 11) is 0. The Bertz CT molecular complexity index is 110. The molecular weight excluding hydrogens is 144 g/mol. The van der Waals surface area contributed by atoms with Crippen molar-refractivity contribution in [3.8, 4) is 0 Å². The van der Waals surface area contributed by atoms with Gasteiger partial charge in [-0.2, -0.15) is 0 Å². The van der Waals surface area contributed by atoms with Gasteiger partial charge in [0.2, 0.25) is 0 Å². The second-order valence-corrected chi connectivity index (χ2v) is 2.97. The number of ether oxygens (including phenoxy) is 2. The standard InChI is InChI=1S/C8H16O3/c1-2-10-5-6-11-7-8(9)3-4-8/h9H,2-7H2,1H3. The largest absolute Gasteiger partial charge is 0.387 e. The van der Waals surface area contributed by atoms with Crippen molar-refractivity contribution in [2.24, 2.45) is 0 Å². The van der Waals surface area contributed by atoms with Crippen LogP contribution in [-0.2, 0) is 9.47 Å². The van der Waals surface area contributed by atoms with Crippen LogP contribution in [0.5, 0.6) is 0 Å². The zero-order valence-corrected chi connectivity index (χ0v) is 7.01. The molecular formula is C8H16O3. The van der Waals surface area contributed by atoms with Crippen LogP contribution in [0.4, 0.5) is 0 Å². The molecule has 0 heterocycles. The summed E-state index contributed by atoms with van der Waals surface area (Å²) in [6.07, 6.45) is 1.78. The quantitative estimate of drug-likeness (QED) is 0.577. The molecule has 0 amide bonds. The highest BCUT2D eigenvalue weighted by atomic mass is 16.5. The van der Waals surface area contributed by atoms with Crippen LogP contribution in [0.1, 0.15) is 19.8 Å². The summed E-state index contributed by atoms with van der Waals surface area (Å²) >= 11 is 0. The molecule has 1 aliphatic rings. The van der Waals surface area contributed by atoms with Crippen molar-refractivity contribution < 1.29 is 14.6 Å². The lowest BCUT2D eigenvalue weighted by Crippen LogP contribution is -2.18. The van der Waals surface area contributed by atoms with Crippen LogP contribution in [0.15, 0.2) is 0 Å². The minimum atomic E-state index is -0.480. The Kier molecular flexibility index (Phi) is 3.30. The molecule has 3 nitrogen and oxygen atoms in total. The van der Waals surface area contributed by atoms with Crippen molar-refractivity contribution in [2.75, 3.05) is 26.4 Å². The highest BCUT2D eigenvalue weighted by Gasteiger charge is 2.40. The second-order valence-electron chi connectivity index (χ2n) is 2.97. The Morgan fingerprint density at radius 3 is 2.45 bits per heavy atom. The van der Waals surface area contributed by atoms with Gasteiger partial charge in [0.05, 0.1) is 25.4 Å². The lowest BCUT2D eigenvalue weighted by molar-refractivity contribution is -0.00496. The first-order chi connectivity index (χ1) is 5.27. The van der Waals surface area contributed by atoms with E-state index in [2.05, 4.69) is 0 Å². The van der Waals surface area contributed by atoms with Gasteiger partial charge in [0, 0.05) is 6.61 Å². The van der Waals surface area contributed by atoms with Crippen LogP contribution in [0, 0.1) is 0 Å². The molecule has 3 heteroatoms. The average molecular weight is 160 g/mol. The molecule has 0 spiro atoms. The van der Waals surface area contributed by atoms with Gasteiger partial charge in [0.15, 0.2) is 0 Å². The fourth-order valence-corrected chi connectivity index (χ4v) is 0.813. The minimum absolute atomic E-state index is 0.472. The summed E-state index contributed by atoms with van der Waals surface area (Å²) in [5.41, 5.74) is -0.480. The smallest absolute Gasteiger partial charge is 0.0882 e. The molecule has 1 aliphatic carbocycles. The summed E-state index contributed by atoms with van der Waals surface area (Å²) in [6, 6.07) is 0. The van der Waals surface area contributed by atoms with Crippen LogP contribution >= 0.6 is 0 Å². The lowest BCUT2D eigenvalue weighted by atomic mass is 10.4. The van der Waals surface area contributed by atoms with E-state index in [1.807, 2.05) is 6.92 Å². The summed E-state index contributed by atoms with van der Waals surface area (Å²) in [6.45, 7) is 4.38. The molecule has 1 rings (SSSR count). The van der Waals surface area contributed by atoms with Crippen LogP contribution in [-0.4, -0.2) is 37.1 Å². The number of hydrogen-bond acceptors (Lipinski definition) is 3. The number of rotatable bonds is 6. The summed E-state index contributed by atoms with van der Waals surface area (Å²) in [4.78, 5) is 0. The van der Waals surface area contributed by atoms with Crippen LogP contribution in [0.2, 0.25) is 0 Å². The third-order valence-electron chi connectivity index (χ3n) is 1.77. The van der Waals surface area contributed by atoms with Gasteiger partial charge in [0.1, 0.15) is 0 Å². The first-order valence-electron chi connectivity index (χ1n) is 4.15. The second kappa shape index (κ2) is 4.04. The van der Waals surface area contributed by atoms with Crippen molar-refractivity contribution in [1.29, 1.82) is 0 Å². The average Bonchev–Trinajstić information content (AvgIpc) is 2.69. The molecule has 1 saturated carbocycles. The van der Waals surface area contributed by atoms with E-state index in [1.54, 1.807) is 0 Å². The van der Waals surface area contributed by atoms with Crippen molar-refractivity contribution >= 4 is 0 Å². The molecule has 0 aromatic carbocycles. The van der Waals surface area contributed by atoms with Crippen LogP contribution < -0.4 is 0 Å². The molecule has 0 unspecified atom stereocenters. The normalized spacial score (nSPS) is 20.2. The zero-order chi connectivity index (χ0) is 8.16. The van der Waals surface area contributed by atoms with Gasteiger partial charge in [-0.3, -0.25) is 0 Å². The number of aliphatic hydroxyl groups is 1.